The second-order valence-corrected chi connectivity index (χ2v) is 5.55. The molecule has 2 amide bonds. The highest BCUT2D eigenvalue weighted by Crippen LogP contribution is 2.21. The summed E-state index contributed by atoms with van der Waals surface area (Å²) < 4.78 is 37.0. The Morgan fingerprint density at radius 2 is 1.42 bits per heavy atom. The molecule has 132 valence electrons. The Bertz CT molecular complexity index is 984. The van der Waals surface area contributed by atoms with Gasteiger partial charge in [-0.05, 0) is 41.1 Å². The first-order chi connectivity index (χ1) is 12.3. The first-order valence-electron chi connectivity index (χ1n) is 7.61. The van der Waals surface area contributed by atoms with Crippen molar-refractivity contribution in [1.82, 2.24) is 0 Å². The van der Waals surface area contributed by atoms with Crippen LogP contribution in [0.2, 0.25) is 0 Å². The maximum atomic E-state index is 12.3. The number of nitrogens with one attached hydrogen (secondary N) is 2. The first kappa shape index (κ1) is 17.5. The van der Waals surface area contributed by atoms with Crippen LogP contribution in [0, 0.1) is 0 Å². The third kappa shape index (κ3) is 4.00. The van der Waals surface area contributed by atoms with Crippen molar-refractivity contribution in [3.05, 3.63) is 72.3 Å². The SMILES string of the molecule is O=C(Nc1ccc2ccccc2c1)c1cccc(NC(=O)C(F)(F)F)c1. The summed E-state index contributed by atoms with van der Waals surface area (Å²) in [7, 11) is 0. The van der Waals surface area contributed by atoms with Gasteiger partial charge in [0.2, 0.25) is 0 Å². The van der Waals surface area contributed by atoms with E-state index in [0.717, 1.165) is 10.8 Å². The first-order valence-corrected chi connectivity index (χ1v) is 7.61. The number of alkyl halides is 3. The van der Waals surface area contributed by atoms with E-state index in [-0.39, 0.29) is 11.3 Å². The number of anilines is 2. The van der Waals surface area contributed by atoms with Gasteiger partial charge in [-0.1, -0.05) is 36.4 Å². The second-order valence-electron chi connectivity index (χ2n) is 5.55. The van der Waals surface area contributed by atoms with Gasteiger partial charge >= 0.3 is 12.1 Å². The van der Waals surface area contributed by atoms with E-state index in [9.17, 15) is 22.8 Å². The maximum Gasteiger partial charge on any atom is 0.471 e. The van der Waals surface area contributed by atoms with Crippen LogP contribution in [0.5, 0.6) is 0 Å². The smallest absolute Gasteiger partial charge is 0.322 e. The Hall–Kier alpha value is -3.35. The highest BCUT2D eigenvalue weighted by molar-refractivity contribution is 6.06. The lowest BCUT2D eigenvalue weighted by atomic mass is 10.1. The summed E-state index contributed by atoms with van der Waals surface area (Å²) in [6.45, 7) is 0. The van der Waals surface area contributed by atoms with Gasteiger partial charge in [0.1, 0.15) is 0 Å². The largest absolute Gasteiger partial charge is 0.471 e. The van der Waals surface area contributed by atoms with Gasteiger partial charge in [0.15, 0.2) is 0 Å². The second kappa shape index (κ2) is 6.87. The molecule has 0 spiro atoms. The van der Waals surface area contributed by atoms with Crippen LogP contribution in [0.15, 0.2) is 66.7 Å². The predicted octanol–water partition coefficient (Wildman–Crippen LogP) is 4.59. The molecule has 26 heavy (non-hydrogen) atoms. The van der Waals surface area contributed by atoms with E-state index in [1.807, 2.05) is 30.3 Å². The number of benzene rings is 3. The summed E-state index contributed by atoms with van der Waals surface area (Å²) in [5.74, 6) is -2.59. The molecule has 7 heteroatoms. The van der Waals surface area contributed by atoms with Crippen LogP contribution in [-0.2, 0) is 4.79 Å². The third-order valence-electron chi connectivity index (χ3n) is 3.65. The van der Waals surface area contributed by atoms with Crippen molar-refractivity contribution in [1.29, 1.82) is 0 Å². The molecule has 3 aromatic carbocycles. The molecule has 0 fully saturated rings. The van der Waals surface area contributed by atoms with Crippen molar-refractivity contribution in [3.63, 3.8) is 0 Å². The molecule has 0 aliphatic carbocycles. The molecular weight excluding hydrogens is 345 g/mol. The summed E-state index contributed by atoms with van der Waals surface area (Å²) in [4.78, 5) is 23.3. The van der Waals surface area contributed by atoms with Gasteiger partial charge in [-0.15, -0.1) is 0 Å². The number of carbonyl (C=O) groups is 2. The molecule has 0 heterocycles. The molecular formula is C19H13F3N2O2. The van der Waals surface area contributed by atoms with Gasteiger partial charge in [-0.25, -0.2) is 0 Å². The normalized spacial score (nSPS) is 11.2. The van der Waals surface area contributed by atoms with Gasteiger partial charge in [0, 0.05) is 16.9 Å². The van der Waals surface area contributed by atoms with Crippen LogP contribution >= 0.6 is 0 Å². The van der Waals surface area contributed by atoms with Gasteiger partial charge in [-0.3, -0.25) is 9.59 Å². The minimum atomic E-state index is -5.00. The lowest BCUT2D eigenvalue weighted by molar-refractivity contribution is -0.167. The number of amides is 2. The van der Waals surface area contributed by atoms with Crippen LogP contribution in [0.1, 0.15) is 10.4 Å². The average Bonchev–Trinajstić information content (AvgIpc) is 2.61. The molecule has 0 aromatic heterocycles. The number of halogens is 3. The van der Waals surface area contributed by atoms with Crippen molar-refractivity contribution in [3.8, 4) is 0 Å². The Morgan fingerprint density at radius 3 is 2.15 bits per heavy atom. The molecule has 3 rings (SSSR count). The van der Waals surface area contributed by atoms with Gasteiger partial charge in [0.05, 0.1) is 0 Å². The molecule has 0 aliphatic heterocycles. The molecule has 4 nitrogen and oxygen atoms in total. The van der Waals surface area contributed by atoms with Crippen LogP contribution in [-0.4, -0.2) is 18.0 Å². The molecule has 0 atom stereocenters. The van der Waals surface area contributed by atoms with E-state index < -0.39 is 18.0 Å². The number of carbonyl (C=O) groups excluding carboxylic acids is 2. The Balaban J connectivity index is 1.77. The van der Waals surface area contributed by atoms with Crippen LogP contribution < -0.4 is 10.6 Å². The maximum absolute atomic E-state index is 12.3. The molecule has 0 saturated carbocycles. The van der Waals surface area contributed by atoms with E-state index in [0.29, 0.717) is 5.69 Å². The molecule has 0 radical (unpaired) electrons. The highest BCUT2D eigenvalue weighted by atomic mass is 19.4. The van der Waals surface area contributed by atoms with Crippen molar-refractivity contribution in [2.75, 3.05) is 10.6 Å². The minimum Gasteiger partial charge on any atom is -0.322 e. The van der Waals surface area contributed by atoms with Crippen molar-refractivity contribution < 1.29 is 22.8 Å². The van der Waals surface area contributed by atoms with Crippen molar-refractivity contribution in [2.45, 2.75) is 6.18 Å². The standard InChI is InChI=1S/C19H13F3N2O2/c20-19(21,22)18(26)24-15-7-3-6-14(11-15)17(25)23-16-9-8-12-4-1-2-5-13(12)10-16/h1-11H,(H,23,25)(H,24,26). The van der Waals surface area contributed by atoms with Gasteiger partial charge in [-0.2, -0.15) is 13.2 Å². The zero-order valence-electron chi connectivity index (χ0n) is 13.3. The fourth-order valence-electron chi connectivity index (χ4n) is 2.41. The van der Waals surface area contributed by atoms with Gasteiger partial charge < -0.3 is 10.6 Å². The molecule has 0 aliphatic rings. The van der Waals surface area contributed by atoms with Crippen LogP contribution in [0.3, 0.4) is 0 Å². The Morgan fingerprint density at radius 1 is 0.731 bits per heavy atom. The molecule has 3 aromatic rings. The summed E-state index contributed by atoms with van der Waals surface area (Å²) in [6, 6.07) is 18.3. The van der Waals surface area contributed by atoms with E-state index in [4.69, 9.17) is 0 Å². The third-order valence-corrected chi connectivity index (χ3v) is 3.65. The topological polar surface area (TPSA) is 58.2 Å². The average molecular weight is 358 g/mol. The van der Waals surface area contributed by atoms with E-state index in [2.05, 4.69) is 5.32 Å². The predicted molar refractivity (Wildman–Crippen MR) is 93.0 cm³/mol. The highest BCUT2D eigenvalue weighted by Gasteiger charge is 2.38. The number of rotatable bonds is 3. The fraction of sp³-hybridized carbons (Fsp3) is 0.0526. The quantitative estimate of drug-likeness (QED) is 0.719. The van der Waals surface area contributed by atoms with E-state index in [1.54, 1.807) is 17.4 Å². The van der Waals surface area contributed by atoms with Crippen LogP contribution in [0.25, 0.3) is 10.8 Å². The summed E-state index contributed by atoms with van der Waals surface area (Å²) in [6.07, 6.45) is -5.00. The molecule has 0 saturated heterocycles. The zero-order chi connectivity index (χ0) is 18.7. The lowest BCUT2D eigenvalue weighted by Crippen LogP contribution is -2.30. The minimum absolute atomic E-state index is 0.113. The number of hydrogen-bond donors (Lipinski definition) is 2. The summed E-state index contributed by atoms with van der Waals surface area (Å²) >= 11 is 0. The Labute approximate surface area is 146 Å². The molecule has 2 N–H and O–H groups in total. The zero-order valence-corrected chi connectivity index (χ0v) is 13.3. The van der Waals surface area contributed by atoms with E-state index in [1.165, 1.54) is 24.3 Å². The number of hydrogen-bond acceptors (Lipinski definition) is 2. The monoisotopic (exact) mass is 358 g/mol. The molecule has 0 bridgehead atoms. The van der Waals surface area contributed by atoms with Crippen molar-refractivity contribution in [2.24, 2.45) is 0 Å². The fourth-order valence-corrected chi connectivity index (χ4v) is 2.41. The lowest BCUT2D eigenvalue weighted by Gasteiger charge is -2.10. The number of fused-ring (bicyclic) bond motifs is 1. The van der Waals surface area contributed by atoms with E-state index >= 15 is 0 Å². The summed E-state index contributed by atoms with van der Waals surface area (Å²) in [5, 5.41) is 6.37. The van der Waals surface area contributed by atoms with Crippen molar-refractivity contribution >= 4 is 34.0 Å². The summed E-state index contributed by atoms with van der Waals surface area (Å²) in [5.41, 5.74) is 0.565. The Kier molecular flexibility index (Phi) is 4.62. The molecule has 0 unspecified atom stereocenters. The van der Waals surface area contributed by atoms with Gasteiger partial charge in [0.25, 0.3) is 5.91 Å². The van der Waals surface area contributed by atoms with Crippen LogP contribution in [0.4, 0.5) is 24.5 Å².